The van der Waals surface area contributed by atoms with Crippen LogP contribution >= 0.6 is 23.1 Å². The van der Waals surface area contributed by atoms with Gasteiger partial charge in [0.1, 0.15) is 11.5 Å². The minimum Gasteiger partial charge on any atom is -0.321 e. The Hall–Kier alpha value is -5.06. The van der Waals surface area contributed by atoms with Crippen LogP contribution in [0.1, 0.15) is 15.9 Å². The van der Waals surface area contributed by atoms with Crippen LogP contribution in [0.3, 0.4) is 0 Å². The third-order valence-electron chi connectivity index (χ3n) is 6.02. The highest BCUT2D eigenvalue weighted by molar-refractivity contribution is 8.00. The van der Waals surface area contributed by atoms with Crippen molar-refractivity contribution in [1.82, 2.24) is 10.3 Å². The summed E-state index contributed by atoms with van der Waals surface area (Å²) in [4.78, 5) is 43.9. The van der Waals surface area contributed by atoms with Gasteiger partial charge in [-0.25, -0.2) is 9.37 Å². The number of thiazole rings is 1. The predicted octanol–water partition coefficient (Wildman–Crippen LogP) is 7.09. The quantitative estimate of drug-likeness (QED) is 0.116. The zero-order chi connectivity index (χ0) is 30.0. The van der Waals surface area contributed by atoms with Crippen molar-refractivity contribution in [2.45, 2.75) is 4.90 Å². The minimum atomic E-state index is -0.634. The minimum absolute atomic E-state index is 0.128. The van der Waals surface area contributed by atoms with Crippen molar-refractivity contribution in [3.05, 3.63) is 137 Å². The van der Waals surface area contributed by atoms with Gasteiger partial charge < -0.3 is 16.0 Å². The lowest BCUT2D eigenvalue weighted by molar-refractivity contribution is -0.114. The highest BCUT2D eigenvalue weighted by Gasteiger charge is 2.16. The largest absolute Gasteiger partial charge is 0.321 e. The van der Waals surface area contributed by atoms with E-state index in [2.05, 4.69) is 20.9 Å². The van der Waals surface area contributed by atoms with Crippen LogP contribution in [-0.4, -0.2) is 28.5 Å². The van der Waals surface area contributed by atoms with E-state index in [1.54, 1.807) is 54.6 Å². The molecule has 10 heteroatoms. The second-order valence-electron chi connectivity index (χ2n) is 9.12. The summed E-state index contributed by atoms with van der Waals surface area (Å²) < 4.78 is 14.4. The smallest absolute Gasteiger partial charge is 0.272 e. The van der Waals surface area contributed by atoms with Gasteiger partial charge in [-0.1, -0.05) is 72.8 Å². The molecule has 43 heavy (non-hydrogen) atoms. The van der Waals surface area contributed by atoms with Gasteiger partial charge in [0.25, 0.3) is 11.8 Å². The number of hydrogen-bond donors (Lipinski definition) is 3. The Labute approximate surface area is 255 Å². The van der Waals surface area contributed by atoms with Crippen molar-refractivity contribution in [2.24, 2.45) is 0 Å². The maximum Gasteiger partial charge on any atom is 0.272 e. The third kappa shape index (κ3) is 8.25. The molecule has 5 aromatic rings. The summed E-state index contributed by atoms with van der Waals surface area (Å²) in [5.41, 5.74) is 2.57. The number of thioether (sulfide) groups is 1. The van der Waals surface area contributed by atoms with E-state index in [4.69, 9.17) is 0 Å². The maximum absolute atomic E-state index is 14.4. The fraction of sp³-hybridized carbons (Fsp3) is 0.0303. The SMILES string of the molecule is O=C(CSc1cccc(NC(=O)/C(=C/c2ccccc2F)NC(=O)c2ccccc2)c1)Nc1nc(-c2ccccc2)cs1. The topological polar surface area (TPSA) is 100 Å². The molecule has 0 bridgehead atoms. The average molecular weight is 609 g/mol. The number of amides is 3. The lowest BCUT2D eigenvalue weighted by Crippen LogP contribution is -2.30. The van der Waals surface area contributed by atoms with Crippen LogP contribution in [-0.2, 0) is 9.59 Å². The zero-order valence-electron chi connectivity index (χ0n) is 22.6. The first kappa shape index (κ1) is 29.4. The van der Waals surface area contributed by atoms with Gasteiger partial charge >= 0.3 is 0 Å². The number of aromatic nitrogens is 1. The zero-order valence-corrected chi connectivity index (χ0v) is 24.3. The van der Waals surface area contributed by atoms with Crippen LogP contribution in [0, 0.1) is 5.82 Å². The van der Waals surface area contributed by atoms with Gasteiger partial charge in [0.05, 0.1) is 11.4 Å². The number of nitrogens with one attached hydrogen (secondary N) is 3. The van der Waals surface area contributed by atoms with Crippen molar-refractivity contribution in [1.29, 1.82) is 0 Å². The molecule has 1 aromatic heterocycles. The summed E-state index contributed by atoms with van der Waals surface area (Å²) in [6, 6.07) is 31.0. The van der Waals surface area contributed by atoms with E-state index in [1.807, 2.05) is 41.8 Å². The summed E-state index contributed by atoms with van der Waals surface area (Å²) in [7, 11) is 0. The number of carbonyl (C=O) groups is 3. The van der Waals surface area contributed by atoms with Crippen LogP contribution in [0.5, 0.6) is 0 Å². The van der Waals surface area contributed by atoms with E-state index >= 15 is 0 Å². The Morgan fingerprint density at radius 3 is 2.33 bits per heavy atom. The number of nitrogens with zero attached hydrogens (tertiary/aromatic N) is 1. The number of rotatable bonds is 10. The molecular weight excluding hydrogens is 584 g/mol. The Morgan fingerprint density at radius 1 is 0.837 bits per heavy atom. The Balaban J connectivity index is 1.23. The molecule has 0 fully saturated rings. The second-order valence-corrected chi connectivity index (χ2v) is 11.0. The molecule has 3 amide bonds. The Bertz CT molecular complexity index is 1780. The molecule has 0 aliphatic rings. The molecule has 0 saturated heterocycles. The maximum atomic E-state index is 14.4. The second kappa shape index (κ2) is 14.2. The summed E-state index contributed by atoms with van der Waals surface area (Å²) in [6.45, 7) is 0. The third-order valence-corrected chi connectivity index (χ3v) is 7.77. The van der Waals surface area contributed by atoms with Gasteiger partial charge in [-0.2, -0.15) is 0 Å². The van der Waals surface area contributed by atoms with Crippen LogP contribution in [0.2, 0.25) is 0 Å². The lowest BCUT2D eigenvalue weighted by atomic mass is 10.1. The van der Waals surface area contributed by atoms with Crippen molar-refractivity contribution in [2.75, 3.05) is 16.4 Å². The Morgan fingerprint density at radius 2 is 1.56 bits per heavy atom. The monoisotopic (exact) mass is 608 g/mol. The summed E-state index contributed by atoms with van der Waals surface area (Å²) in [5.74, 6) is -1.77. The molecule has 0 unspecified atom stereocenters. The van der Waals surface area contributed by atoms with Crippen LogP contribution < -0.4 is 16.0 Å². The molecule has 3 N–H and O–H groups in total. The van der Waals surface area contributed by atoms with E-state index < -0.39 is 17.6 Å². The van der Waals surface area contributed by atoms with Gasteiger partial charge in [-0.3, -0.25) is 14.4 Å². The van der Waals surface area contributed by atoms with E-state index in [0.29, 0.717) is 16.4 Å². The molecule has 4 aromatic carbocycles. The van der Waals surface area contributed by atoms with Gasteiger partial charge in [0.15, 0.2) is 5.13 Å². The average Bonchev–Trinajstić information content (AvgIpc) is 3.50. The number of hydrogen-bond acceptors (Lipinski definition) is 6. The van der Waals surface area contributed by atoms with E-state index in [-0.39, 0.29) is 22.9 Å². The number of halogens is 1. The molecule has 214 valence electrons. The van der Waals surface area contributed by atoms with Crippen molar-refractivity contribution in [3.63, 3.8) is 0 Å². The van der Waals surface area contributed by atoms with Gasteiger partial charge in [0, 0.05) is 32.7 Å². The van der Waals surface area contributed by atoms with Crippen molar-refractivity contribution < 1.29 is 18.8 Å². The first-order chi connectivity index (χ1) is 20.9. The lowest BCUT2D eigenvalue weighted by Gasteiger charge is -2.12. The number of benzene rings is 4. The summed E-state index contributed by atoms with van der Waals surface area (Å²) in [6.07, 6.45) is 1.29. The van der Waals surface area contributed by atoms with E-state index in [9.17, 15) is 18.8 Å². The van der Waals surface area contributed by atoms with Crippen LogP contribution in [0.15, 0.2) is 125 Å². The summed E-state index contributed by atoms with van der Waals surface area (Å²) >= 11 is 2.64. The number of anilines is 2. The van der Waals surface area contributed by atoms with Crippen molar-refractivity contribution in [3.8, 4) is 11.3 Å². The Kier molecular flexibility index (Phi) is 9.73. The van der Waals surface area contributed by atoms with Gasteiger partial charge in [-0.05, 0) is 42.5 Å². The van der Waals surface area contributed by atoms with E-state index in [1.165, 1.54) is 47.4 Å². The van der Waals surface area contributed by atoms with Gasteiger partial charge in [-0.15, -0.1) is 23.1 Å². The van der Waals surface area contributed by atoms with Crippen LogP contribution in [0.4, 0.5) is 15.2 Å². The fourth-order valence-electron chi connectivity index (χ4n) is 3.93. The molecule has 7 nitrogen and oxygen atoms in total. The predicted molar refractivity (Wildman–Crippen MR) is 170 cm³/mol. The molecule has 0 spiro atoms. The highest BCUT2D eigenvalue weighted by Crippen LogP contribution is 2.26. The first-order valence-corrected chi connectivity index (χ1v) is 15.0. The molecule has 0 radical (unpaired) electrons. The molecule has 0 saturated carbocycles. The van der Waals surface area contributed by atoms with Crippen molar-refractivity contribution >= 4 is 57.7 Å². The number of carbonyl (C=O) groups excluding carboxylic acids is 3. The van der Waals surface area contributed by atoms with E-state index in [0.717, 1.165) is 16.2 Å². The molecule has 0 aliphatic heterocycles. The fourth-order valence-corrected chi connectivity index (χ4v) is 5.42. The standard InChI is InChI=1S/C33H25FN4O3S2/c34-27-17-8-7-14-24(27)18-28(36-31(40)23-12-5-2-6-13-23)32(41)35-25-15-9-16-26(19-25)42-21-30(39)38-33-37-29(20-43-33)22-10-3-1-4-11-22/h1-20H,21H2,(H,35,41)(H,36,40)(H,37,38,39)/b28-18-. The highest BCUT2D eigenvalue weighted by atomic mass is 32.2. The first-order valence-electron chi connectivity index (χ1n) is 13.1. The molecule has 5 rings (SSSR count). The summed E-state index contributed by atoms with van der Waals surface area (Å²) in [5, 5.41) is 10.6. The molecule has 0 aliphatic carbocycles. The normalized spacial score (nSPS) is 11.0. The van der Waals surface area contributed by atoms with Crippen LogP contribution in [0.25, 0.3) is 17.3 Å². The molecule has 0 atom stereocenters. The molecule has 1 heterocycles. The molecular formula is C33H25FN4O3S2. The van der Waals surface area contributed by atoms with Gasteiger partial charge in [0.2, 0.25) is 5.91 Å².